The van der Waals surface area contributed by atoms with E-state index in [4.69, 9.17) is 9.47 Å². The van der Waals surface area contributed by atoms with Crippen LogP contribution in [0.4, 0.5) is 0 Å². The summed E-state index contributed by atoms with van der Waals surface area (Å²) in [5.41, 5.74) is 1.15. The second-order valence-electron chi connectivity index (χ2n) is 11.3. The third kappa shape index (κ3) is 10.7. The summed E-state index contributed by atoms with van der Waals surface area (Å²) in [4.78, 5) is 26.4. The van der Waals surface area contributed by atoms with Crippen LogP contribution >= 0.6 is 0 Å². The van der Waals surface area contributed by atoms with E-state index < -0.39 is 11.8 Å². The van der Waals surface area contributed by atoms with Crippen molar-refractivity contribution < 1.29 is 19.1 Å². The molecule has 0 spiro atoms. The van der Waals surface area contributed by atoms with Gasteiger partial charge < -0.3 is 9.47 Å². The van der Waals surface area contributed by atoms with Gasteiger partial charge in [0, 0.05) is 0 Å². The van der Waals surface area contributed by atoms with Gasteiger partial charge in [-0.15, -0.1) is 0 Å². The fourth-order valence-electron chi connectivity index (χ4n) is 4.56. The minimum atomic E-state index is -0.447. The molecule has 0 aliphatic heterocycles. The molecule has 1 aliphatic carbocycles. The van der Waals surface area contributed by atoms with Gasteiger partial charge in [-0.1, -0.05) is 67.0 Å². The zero-order valence-corrected chi connectivity index (χ0v) is 21.6. The topological polar surface area (TPSA) is 52.6 Å². The monoisotopic (exact) mass is 436 g/mol. The maximum atomic E-state index is 13.2. The van der Waals surface area contributed by atoms with Crippen LogP contribution in [0, 0.1) is 35.5 Å². The summed E-state index contributed by atoms with van der Waals surface area (Å²) >= 11 is 0. The van der Waals surface area contributed by atoms with Crippen molar-refractivity contribution in [1.29, 1.82) is 0 Å². The molecule has 0 aromatic heterocycles. The molecule has 0 amide bonds. The van der Waals surface area contributed by atoms with Gasteiger partial charge in [0.05, 0.1) is 11.8 Å². The molecule has 0 aromatic rings. The fraction of sp³-hybridized carbons (Fsp3) is 0.852. The number of allylic oxidation sites excluding steroid dienone is 2. The van der Waals surface area contributed by atoms with Crippen molar-refractivity contribution in [3.05, 3.63) is 11.6 Å². The van der Waals surface area contributed by atoms with Crippen LogP contribution in [0.1, 0.15) is 101 Å². The van der Waals surface area contributed by atoms with Crippen LogP contribution in [0.15, 0.2) is 11.6 Å². The van der Waals surface area contributed by atoms with Crippen LogP contribution in [0.25, 0.3) is 0 Å². The van der Waals surface area contributed by atoms with Crippen molar-refractivity contribution in [3.63, 3.8) is 0 Å². The molecule has 2 atom stereocenters. The quantitative estimate of drug-likeness (QED) is 0.245. The van der Waals surface area contributed by atoms with Crippen molar-refractivity contribution in [2.45, 2.75) is 113 Å². The predicted molar refractivity (Wildman–Crippen MR) is 128 cm³/mol. The molecule has 0 aromatic carbocycles. The summed E-state index contributed by atoms with van der Waals surface area (Å²) in [7, 11) is 0. The van der Waals surface area contributed by atoms with E-state index in [1.807, 2.05) is 6.92 Å². The molecule has 2 unspecified atom stereocenters. The molecule has 0 heterocycles. The molecule has 0 fully saturated rings. The Kier molecular flexibility index (Phi) is 11.9. The standard InChI is InChI=1S/C27H48O4/c1-17(2)12-22(13-18(3)4)30-26(28)24-11-10-21(9)16-25(24)27(29)31-23(14-19(5)6)15-20(7)8/h10,17-20,22-25H,11-16H2,1-9H3. The molecule has 0 radical (unpaired) electrons. The average molecular weight is 437 g/mol. The van der Waals surface area contributed by atoms with E-state index in [9.17, 15) is 9.59 Å². The van der Waals surface area contributed by atoms with Gasteiger partial charge in [-0.05, 0) is 69.1 Å². The highest BCUT2D eigenvalue weighted by Crippen LogP contribution is 2.34. The Morgan fingerprint density at radius 2 is 1.10 bits per heavy atom. The average Bonchev–Trinajstić information content (AvgIpc) is 2.58. The van der Waals surface area contributed by atoms with Crippen LogP contribution in [0.2, 0.25) is 0 Å². The van der Waals surface area contributed by atoms with Crippen molar-refractivity contribution >= 4 is 11.9 Å². The highest BCUT2D eigenvalue weighted by molar-refractivity contribution is 5.83. The summed E-state index contributed by atoms with van der Waals surface area (Å²) in [6.07, 6.45) is 6.44. The fourth-order valence-corrected chi connectivity index (χ4v) is 4.56. The van der Waals surface area contributed by atoms with Gasteiger partial charge >= 0.3 is 11.9 Å². The number of hydrogen-bond acceptors (Lipinski definition) is 4. The minimum Gasteiger partial charge on any atom is -0.462 e. The number of carbonyl (C=O) groups excluding carboxylic acids is 2. The van der Waals surface area contributed by atoms with Gasteiger partial charge in [0.25, 0.3) is 0 Å². The lowest BCUT2D eigenvalue weighted by molar-refractivity contribution is -0.168. The van der Waals surface area contributed by atoms with Crippen molar-refractivity contribution in [1.82, 2.24) is 0 Å². The first kappa shape index (κ1) is 27.7. The number of ether oxygens (including phenoxy) is 2. The first-order valence-electron chi connectivity index (χ1n) is 12.5. The van der Waals surface area contributed by atoms with Crippen molar-refractivity contribution in [2.75, 3.05) is 0 Å². The third-order valence-corrected chi connectivity index (χ3v) is 5.86. The molecular weight excluding hydrogens is 388 g/mol. The van der Waals surface area contributed by atoms with Crippen LogP contribution in [-0.4, -0.2) is 24.1 Å². The molecule has 31 heavy (non-hydrogen) atoms. The highest BCUT2D eigenvalue weighted by Gasteiger charge is 2.39. The van der Waals surface area contributed by atoms with E-state index >= 15 is 0 Å². The van der Waals surface area contributed by atoms with Gasteiger partial charge in [0.15, 0.2) is 0 Å². The second kappa shape index (κ2) is 13.3. The minimum absolute atomic E-state index is 0.0918. The molecule has 4 heteroatoms. The first-order valence-corrected chi connectivity index (χ1v) is 12.5. The van der Waals surface area contributed by atoms with E-state index in [0.29, 0.717) is 36.5 Å². The summed E-state index contributed by atoms with van der Waals surface area (Å²) in [6, 6.07) is 0. The second-order valence-corrected chi connectivity index (χ2v) is 11.3. The molecule has 0 saturated carbocycles. The first-order chi connectivity index (χ1) is 14.4. The lowest BCUT2D eigenvalue weighted by Crippen LogP contribution is -2.38. The Balaban J connectivity index is 2.94. The zero-order chi connectivity index (χ0) is 23.7. The molecule has 1 rings (SSSR count). The predicted octanol–water partition coefficient (Wildman–Crippen LogP) is 6.97. The van der Waals surface area contributed by atoms with E-state index in [-0.39, 0.29) is 24.1 Å². The number of carbonyl (C=O) groups is 2. The van der Waals surface area contributed by atoms with Gasteiger partial charge in [0.1, 0.15) is 12.2 Å². The Bertz CT molecular complexity index is 568. The van der Waals surface area contributed by atoms with E-state index in [1.54, 1.807) is 0 Å². The largest absolute Gasteiger partial charge is 0.462 e. The zero-order valence-electron chi connectivity index (χ0n) is 21.6. The molecule has 180 valence electrons. The van der Waals surface area contributed by atoms with Crippen LogP contribution in [0.5, 0.6) is 0 Å². The van der Waals surface area contributed by atoms with Crippen LogP contribution in [0.3, 0.4) is 0 Å². The summed E-state index contributed by atoms with van der Waals surface area (Å²) in [5.74, 6) is 0.467. The molecule has 1 aliphatic rings. The van der Waals surface area contributed by atoms with Crippen LogP contribution in [-0.2, 0) is 19.1 Å². The number of esters is 2. The van der Waals surface area contributed by atoms with Gasteiger partial charge in [-0.25, -0.2) is 0 Å². The Morgan fingerprint density at radius 1 is 0.742 bits per heavy atom. The van der Waals surface area contributed by atoms with Crippen molar-refractivity contribution in [3.8, 4) is 0 Å². The van der Waals surface area contributed by atoms with E-state index in [1.165, 1.54) is 0 Å². The summed E-state index contributed by atoms with van der Waals surface area (Å²) in [5, 5.41) is 0. The SMILES string of the molecule is CC1=CCC(C(=O)OC(CC(C)C)CC(C)C)C(C(=O)OC(CC(C)C)CC(C)C)C1. The molecule has 4 nitrogen and oxygen atoms in total. The lowest BCUT2D eigenvalue weighted by atomic mass is 9.79. The smallest absolute Gasteiger partial charge is 0.310 e. The molecule has 0 bridgehead atoms. The maximum absolute atomic E-state index is 13.2. The maximum Gasteiger partial charge on any atom is 0.310 e. The molecular formula is C27H48O4. The summed E-state index contributed by atoms with van der Waals surface area (Å²) < 4.78 is 12.0. The van der Waals surface area contributed by atoms with Crippen LogP contribution < -0.4 is 0 Å². The summed E-state index contributed by atoms with van der Waals surface area (Å²) in [6.45, 7) is 19.2. The highest BCUT2D eigenvalue weighted by atomic mass is 16.6. The normalized spacial score (nSPS) is 19.6. The van der Waals surface area contributed by atoms with Crippen molar-refractivity contribution in [2.24, 2.45) is 35.5 Å². The van der Waals surface area contributed by atoms with E-state index in [2.05, 4.69) is 61.5 Å². The number of rotatable bonds is 12. The van der Waals surface area contributed by atoms with Gasteiger partial charge in [-0.3, -0.25) is 9.59 Å². The van der Waals surface area contributed by atoms with E-state index in [0.717, 1.165) is 31.3 Å². The van der Waals surface area contributed by atoms with Gasteiger partial charge in [-0.2, -0.15) is 0 Å². The third-order valence-electron chi connectivity index (χ3n) is 5.86. The lowest BCUT2D eigenvalue weighted by Gasteiger charge is -2.31. The Morgan fingerprint density at radius 3 is 1.45 bits per heavy atom. The Labute approximate surface area is 191 Å². The Hall–Kier alpha value is -1.32. The molecule has 0 saturated heterocycles. The van der Waals surface area contributed by atoms with Gasteiger partial charge in [0.2, 0.25) is 0 Å². The number of hydrogen-bond donors (Lipinski definition) is 0. The molecule has 0 N–H and O–H groups in total.